The monoisotopic (exact) mass is 522 g/mol. The van der Waals surface area contributed by atoms with Gasteiger partial charge in [-0.1, -0.05) is 36.4 Å². The molecule has 198 valence electrons. The average molecular weight is 523 g/mol. The molecule has 3 aromatic rings. The fourth-order valence-corrected chi connectivity index (χ4v) is 5.36. The van der Waals surface area contributed by atoms with Crippen LogP contribution in [0, 0.1) is 17.8 Å². The SMILES string of the molecule is O=C(O)C[C@H]1COC(Oc2ccc(-c3ccc4c(c3)OCO4)c3ccccc23)[C@@H](CC(=O)O)[C@@H]1CC(=O)O. The normalized spacial score (nSPS) is 22.2. The fourth-order valence-electron chi connectivity index (χ4n) is 5.36. The molecule has 3 aromatic carbocycles. The number of carboxylic acid groups (broad SMARTS) is 3. The maximum atomic E-state index is 11.7. The molecule has 0 radical (unpaired) electrons. The summed E-state index contributed by atoms with van der Waals surface area (Å²) < 4.78 is 23.0. The zero-order valence-corrected chi connectivity index (χ0v) is 20.2. The summed E-state index contributed by atoms with van der Waals surface area (Å²) in [6.45, 7) is 0.111. The van der Waals surface area contributed by atoms with Gasteiger partial charge in [0.15, 0.2) is 11.5 Å². The van der Waals surface area contributed by atoms with Crippen molar-refractivity contribution in [3.8, 4) is 28.4 Å². The Morgan fingerprint density at radius 1 is 0.789 bits per heavy atom. The van der Waals surface area contributed by atoms with Crippen LogP contribution in [0.3, 0.4) is 0 Å². The molecule has 4 atom stereocenters. The highest BCUT2D eigenvalue weighted by Gasteiger charge is 2.44. The second kappa shape index (κ2) is 10.6. The van der Waals surface area contributed by atoms with Gasteiger partial charge in [0.2, 0.25) is 13.1 Å². The predicted molar refractivity (Wildman–Crippen MR) is 133 cm³/mol. The van der Waals surface area contributed by atoms with Crippen molar-refractivity contribution in [2.24, 2.45) is 17.8 Å². The molecule has 38 heavy (non-hydrogen) atoms. The molecule has 0 aromatic heterocycles. The van der Waals surface area contributed by atoms with Crippen LogP contribution >= 0.6 is 0 Å². The first-order chi connectivity index (χ1) is 18.3. The quantitative estimate of drug-likeness (QED) is 0.372. The van der Waals surface area contributed by atoms with E-state index in [2.05, 4.69) is 0 Å². The lowest BCUT2D eigenvalue weighted by Crippen LogP contribution is -2.47. The number of carbonyl (C=O) groups is 3. The third kappa shape index (κ3) is 5.21. The number of hydrogen-bond donors (Lipinski definition) is 3. The Kier molecular flexibility index (Phi) is 7.06. The van der Waals surface area contributed by atoms with Gasteiger partial charge < -0.3 is 34.3 Å². The van der Waals surface area contributed by atoms with Gasteiger partial charge in [-0.3, -0.25) is 14.4 Å². The van der Waals surface area contributed by atoms with Gasteiger partial charge in [-0.05, 0) is 46.5 Å². The van der Waals surface area contributed by atoms with E-state index < -0.39 is 48.4 Å². The molecule has 2 aliphatic heterocycles. The molecule has 0 aliphatic carbocycles. The van der Waals surface area contributed by atoms with Gasteiger partial charge in [-0.2, -0.15) is 0 Å². The van der Waals surface area contributed by atoms with Gasteiger partial charge in [0.05, 0.1) is 19.4 Å². The van der Waals surface area contributed by atoms with Gasteiger partial charge in [-0.25, -0.2) is 0 Å². The lowest BCUT2D eigenvalue weighted by atomic mass is 9.74. The van der Waals surface area contributed by atoms with Gasteiger partial charge in [0.25, 0.3) is 0 Å². The summed E-state index contributed by atoms with van der Waals surface area (Å²) in [5.41, 5.74) is 1.83. The number of carboxylic acids is 3. The van der Waals surface area contributed by atoms with Crippen LogP contribution in [-0.4, -0.2) is 52.9 Å². The molecule has 1 unspecified atom stereocenters. The largest absolute Gasteiger partial charge is 0.481 e. The Balaban J connectivity index is 1.49. The second-order valence-electron chi connectivity index (χ2n) is 9.43. The maximum Gasteiger partial charge on any atom is 0.303 e. The summed E-state index contributed by atoms with van der Waals surface area (Å²) >= 11 is 0. The molecule has 5 rings (SSSR count). The molecule has 10 nitrogen and oxygen atoms in total. The Labute approximate surface area is 217 Å². The Hall–Kier alpha value is -4.31. The van der Waals surface area contributed by atoms with Crippen LogP contribution in [0.2, 0.25) is 0 Å². The van der Waals surface area contributed by atoms with Gasteiger partial charge in [0.1, 0.15) is 5.75 Å². The van der Waals surface area contributed by atoms with E-state index in [0.717, 1.165) is 21.9 Å². The van der Waals surface area contributed by atoms with Crippen LogP contribution in [0.5, 0.6) is 17.2 Å². The van der Waals surface area contributed by atoms with Crippen molar-refractivity contribution in [1.29, 1.82) is 0 Å². The third-order valence-corrected chi connectivity index (χ3v) is 7.05. The average Bonchev–Trinajstić information content (AvgIpc) is 3.35. The number of benzene rings is 3. The van der Waals surface area contributed by atoms with E-state index in [1.165, 1.54) is 0 Å². The predicted octanol–water partition coefficient (Wildman–Crippen LogP) is 4.24. The van der Waals surface area contributed by atoms with Crippen molar-refractivity contribution in [2.45, 2.75) is 25.6 Å². The Morgan fingerprint density at radius 3 is 2.21 bits per heavy atom. The molecule has 2 heterocycles. The van der Waals surface area contributed by atoms with Crippen molar-refractivity contribution >= 4 is 28.7 Å². The molecule has 2 aliphatic rings. The molecule has 0 saturated carbocycles. The van der Waals surface area contributed by atoms with Crippen LogP contribution in [0.1, 0.15) is 19.3 Å². The molecule has 0 bridgehead atoms. The van der Waals surface area contributed by atoms with Crippen molar-refractivity contribution in [2.75, 3.05) is 13.4 Å². The van der Waals surface area contributed by atoms with Crippen LogP contribution in [0.25, 0.3) is 21.9 Å². The minimum Gasteiger partial charge on any atom is -0.481 e. The summed E-state index contributed by atoms with van der Waals surface area (Å²) in [5, 5.41) is 30.0. The maximum absolute atomic E-state index is 11.7. The molecular weight excluding hydrogens is 496 g/mol. The smallest absolute Gasteiger partial charge is 0.303 e. The van der Waals surface area contributed by atoms with E-state index in [1.807, 2.05) is 48.5 Å². The number of aliphatic carboxylic acids is 3. The standard InChI is InChI=1S/C28H26O10/c29-25(30)10-16-13-35-28(21(12-27(33)34)20(16)11-26(31)32)38-22-8-6-17(18-3-1-2-4-19(18)22)15-5-7-23-24(9-15)37-14-36-23/h1-9,16,20-21,28H,10-14H2,(H,29,30)(H,31,32)(H,33,34)/t16-,20+,21-,28?/m0/s1. The van der Waals surface area contributed by atoms with Gasteiger partial charge >= 0.3 is 17.9 Å². The highest BCUT2D eigenvalue weighted by Crippen LogP contribution is 2.42. The van der Waals surface area contributed by atoms with E-state index in [0.29, 0.717) is 17.2 Å². The first-order valence-corrected chi connectivity index (χ1v) is 12.2. The Morgan fingerprint density at radius 2 is 1.47 bits per heavy atom. The van der Waals surface area contributed by atoms with Crippen molar-refractivity contribution in [1.82, 2.24) is 0 Å². The van der Waals surface area contributed by atoms with Crippen LogP contribution in [-0.2, 0) is 19.1 Å². The number of fused-ring (bicyclic) bond motifs is 2. The Bertz CT molecular complexity index is 1380. The minimum atomic E-state index is -1.15. The summed E-state index contributed by atoms with van der Waals surface area (Å²) in [5.74, 6) is -3.90. The van der Waals surface area contributed by atoms with E-state index in [9.17, 15) is 29.7 Å². The lowest BCUT2D eigenvalue weighted by molar-refractivity contribution is -0.195. The molecule has 0 spiro atoms. The first kappa shape index (κ1) is 25.3. The van der Waals surface area contributed by atoms with E-state index in [1.54, 1.807) is 6.07 Å². The van der Waals surface area contributed by atoms with Crippen LogP contribution in [0.15, 0.2) is 54.6 Å². The van der Waals surface area contributed by atoms with Crippen LogP contribution < -0.4 is 14.2 Å². The minimum absolute atomic E-state index is 0.0573. The number of hydrogen-bond acceptors (Lipinski definition) is 7. The van der Waals surface area contributed by atoms with Gasteiger partial charge in [0, 0.05) is 17.7 Å². The van der Waals surface area contributed by atoms with Crippen molar-refractivity contribution in [3.05, 3.63) is 54.6 Å². The summed E-state index contributed by atoms with van der Waals surface area (Å²) in [6, 6.07) is 16.9. The molecule has 10 heteroatoms. The van der Waals surface area contributed by atoms with Gasteiger partial charge in [-0.15, -0.1) is 0 Å². The van der Waals surface area contributed by atoms with E-state index in [-0.39, 0.29) is 26.2 Å². The third-order valence-electron chi connectivity index (χ3n) is 7.05. The molecule has 1 fully saturated rings. The van der Waals surface area contributed by atoms with E-state index in [4.69, 9.17) is 18.9 Å². The lowest BCUT2D eigenvalue weighted by Gasteiger charge is -2.41. The zero-order chi connectivity index (χ0) is 26.8. The van der Waals surface area contributed by atoms with Crippen LogP contribution in [0.4, 0.5) is 0 Å². The number of rotatable bonds is 9. The fraction of sp³-hybridized carbons (Fsp3) is 0.321. The zero-order valence-electron chi connectivity index (χ0n) is 20.2. The molecule has 0 amide bonds. The highest BCUT2D eigenvalue weighted by atomic mass is 16.7. The molecule has 1 saturated heterocycles. The van der Waals surface area contributed by atoms with Crippen molar-refractivity contribution in [3.63, 3.8) is 0 Å². The summed E-state index contributed by atoms with van der Waals surface area (Å²) in [4.78, 5) is 34.7. The van der Waals surface area contributed by atoms with E-state index >= 15 is 0 Å². The topological polar surface area (TPSA) is 149 Å². The summed E-state index contributed by atoms with van der Waals surface area (Å²) in [6.07, 6.45) is -2.21. The van der Waals surface area contributed by atoms with Crippen molar-refractivity contribution < 1.29 is 48.7 Å². The first-order valence-electron chi connectivity index (χ1n) is 12.2. The summed E-state index contributed by atoms with van der Waals surface area (Å²) in [7, 11) is 0. The number of ether oxygens (including phenoxy) is 4. The molecular formula is C28H26O10. The highest BCUT2D eigenvalue weighted by molar-refractivity contribution is 6.00. The second-order valence-corrected chi connectivity index (χ2v) is 9.43. The molecule has 3 N–H and O–H groups in total.